The zero-order valence-corrected chi connectivity index (χ0v) is 18.7. The van der Waals surface area contributed by atoms with Crippen molar-refractivity contribution in [1.82, 2.24) is 4.90 Å². The summed E-state index contributed by atoms with van der Waals surface area (Å²) in [7, 11) is -1.89. The Labute approximate surface area is 155 Å². The number of rotatable bonds is 5. The number of ether oxygens (including phenoxy) is 1. The van der Waals surface area contributed by atoms with Crippen LogP contribution in [0.1, 0.15) is 61.3 Å². The molecule has 0 bridgehead atoms. The molecular formula is C19H39NO4Si. The van der Waals surface area contributed by atoms with Crippen molar-refractivity contribution in [3.63, 3.8) is 0 Å². The Bertz CT molecular complexity index is 453. The van der Waals surface area contributed by atoms with E-state index in [1.165, 1.54) is 0 Å². The summed E-state index contributed by atoms with van der Waals surface area (Å²) >= 11 is 0. The molecule has 1 heterocycles. The van der Waals surface area contributed by atoms with E-state index in [9.17, 15) is 9.90 Å². The van der Waals surface area contributed by atoms with Crippen molar-refractivity contribution in [2.75, 3.05) is 13.2 Å². The van der Waals surface area contributed by atoms with Gasteiger partial charge in [0.25, 0.3) is 0 Å². The molecule has 0 aromatic rings. The van der Waals surface area contributed by atoms with Gasteiger partial charge in [-0.3, -0.25) is 0 Å². The van der Waals surface area contributed by atoms with Gasteiger partial charge in [-0.05, 0) is 57.7 Å². The largest absolute Gasteiger partial charge is 0.444 e. The van der Waals surface area contributed by atoms with Crippen LogP contribution in [0.15, 0.2) is 0 Å². The molecule has 1 amide bonds. The Morgan fingerprint density at radius 2 is 1.80 bits per heavy atom. The van der Waals surface area contributed by atoms with Crippen LogP contribution in [-0.2, 0) is 9.16 Å². The highest BCUT2D eigenvalue weighted by atomic mass is 28.4. The van der Waals surface area contributed by atoms with Crippen LogP contribution in [0.5, 0.6) is 0 Å². The lowest BCUT2D eigenvalue weighted by molar-refractivity contribution is 0.0188. The molecule has 3 atom stereocenters. The second kappa shape index (κ2) is 7.97. The summed E-state index contributed by atoms with van der Waals surface area (Å²) in [6.45, 7) is 19.5. The Morgan fingerprint density at radius 1 is 1.24 bits per heavy atom. The van der Waals surface area contributed by atoms with Gasteiger partial charge in [0.1, 0.15) is 5.60 Å². The SMILES string of the molecule is CC(CO)C[C@@H]1C[C@@H](O[Si](C)(C)C(C)(C)C)CN1C(=O)OC(C)(C)C. The summed E-state index contributed by atoms with van der Waals surface area (Å²) in [4.78, 5) is 14.5. The number of aliphatic hydroxyl groups excluding tert-OH is 1. The van der Waals surface area contributed by atoms with Gasteiger partial charge in [0.05, 0.1) is 6.10 Å². The molecule has 1 aliphatic rings. The lowest BCUT2D eigenvalue weighted by Crippen LogP contribution is -2.45. The first-order chi connectivity index (χ1) is 11.2. The van der Waals surface area contributed by atoms with Gasteiger partial charge in [0.2, 0.25) is 0 Å². The third-order valence-electron chi connectivity index (χ3n) is 5.26. The Balaban J connectivity index is 2.88. The van der Waals surface area contributed by atoms with E-state index < -0.39 is 13.9 Å². The number of carbonyl (C=O) groups is 1. The average Bonchev–Trinajstić information content (AvgIpc) is 2.77. The average molecular weight is 374 g/mol. The molecule has 6 heteroatoms. The molecule has 0 spiro atoms. The van der Waals surface area contributed by atoms with Crippen molar-refractivity contribution in [3.8, 4) is 0 Å². The molecule has 0 radical (unpaired) electrons. The molecule has 1 rings (SSSR count). The van der Waals surface area contributed by atoms with Gasteiger partial charge in [-0.15, -0.1) is 0 Å². The van der Waals surface area contributed by atoms with Crippen LogP contribution in [0.25, 0.3) is 0 Å². The quantitative estimate of drug-likeness (QED) is 0.725. The highest BCUT2D eigenvalue weighted by molar-refractivity contribution is 6.74. The lowest BCUT2D eigenvalue weighted by atomic mass is 10.0. The monoisotopic (exact) mass is 373 g/mol. The number of aliphatic hydroxyl groups is 1. The van der Waals surface area contributed by atoms with E-state index in [2.05, 4.69) is 33.9 Å². The van der Waals surface area contributed by atoms with Crippen LogP contribution in [0.2, 0.25) is 18.1 Å². The molecule has 1 unspecified atom stereocenters. The van der Waals surface area contributed by atoms with Gasteiger partial charge in [0.15, 0.2) is 8.32 Å². The summed E-state index contributed by atoms with van der Waals surface area (Å²) in [5.74, 6) is 0.154. The summed E-state index contributed by atoms with van der Waals surface area (Å²) in [6, 6.07) is 0.0618. The van der Waals surface area contributed by atoms with Crippen LogP contribution in [-0.4, -0.2) is 55.3 Å². The van der Waals surface area contributed by atoms with Crippen molar-refractivity contribution >= 4 is 14.4 Å². The first-order valence-corrected chi connectivity index (χ1v) is 12.4. The minimum absolute atomic E-state index is 0.0457. The lowest BCUT2D eigenvalue weighted by Gasteiger charge is -2.38. The molecule has 148 valence electrons. The van der Waals surface area contributed by atoms with Crippen molar-refractivity contribution in [3.05, 3.63) is 0 Å². The third kappa shape index (κ3) is 6.57. The van der Waals surface area contributed by atoms with Gasteiger partial charge >= 0.3 is 6.09 Å². The van der Waals surface area contributed by atoms with E-state index in [1.807, 2.05) is 32.6 Å². The van der Waals surface area contributed by atoms with Crippen molar-refractivity contribution in [2.24, 2.45) is 5.92 Å². The molecule has 0 aromatic heterocycles. The maximum Gasteiger partial charge on any atom is 0.410 e. The van der Waals surface area contributed by atoms with Crippen LogP contribution in [0, 0.1) is 5.92 Å². The van der Waals surface area contributed by atoms with Gasteiger partial charge in [-0.2, -0.15) is 0 Å². The molecular weight excluding hydrogens is 334 g/mol. The predicted octanol–water partition coefficient (Wildman–Crippen LogP) is 4.40. The smallest absolute Gasteiger partial charge is 0.410 e. The van der Waals surface area contributed by atoms with Crippen molar-refractivity contribution < 1.29 is 19.1 Å². The highest BCUT2D eigenvalue weighted by Gasteiger charge is 2.44. The maximum atomic E-state index is 12.6. The van der Waals surface area contributed by atoms with E-state index in [4.69, 9.17) is 9.16 Å². The fraction of sp³-hybridized carbons (Fsp3) is 0.947. The molecule has 0 aromatic carbocycles. The first-order valence-electron chi connectivity index (χ1n) is 9.44. The first kappa shape index (κ1) is 22.4. The Hall–Kier alpha value is -0.593. The van der Waals surface area contributed by atoms with E-state index in [1.54, 1.807) is 0 Å². The van der Waals surface area contributed by atoms with Crippen molar-refractivity contribution in [2.45, 2.75) is 97.2 Å². The summed E-state index contributed by atoms with van der Waals surface area (Å²) in [6.07, 6.45) is 1.36. The summed E-state index contributed by atoms with van der Waals surface area (Å²) in [5, 5.41) is 9.55. The fourth-order valence-electron chi connectivity index (χ4n) is 2.86. The maximum absolute atomic E-state index is 12.6. The van der Waals surface area contributed by atoms with E-state index in [0.29, 0.717) is 6.54 Å². The second-order valence-corrected chi connectivity index (χ2v) is 14.8. The molecule has 1 fully saturated rings. The molecule has 0 saturated carbocycles. The van der Waals surface area contributed by atoms with Crippen LogP contribution in [0.4, 0.5) is 4.79 Å². The molecule has 0 aliphatic carbocycles. The number of hydrogen-bond acceptors (Lipinski definition) is 4. The Morgan fingerprint density at radius 3 is 2.24 bits per heavy atom. The van der Waals surface area contributed by atoms with E-state index in [0.717, 1.165) is 12.8 Å². The molecule has 5 nitrogen and oxygen atoms in total. The van der Waals surface area contributed by atoms with Gasteiger partial charge < -0.3 is 19.2 Å². The second-order valence-electron chi connectivity index (χ2n) is 10.0. The number of amides is 1. The van der Waals surface area contributed by atoms with Crippen LogP contribution in [0.3, 0.4) is 0 Å². The van der Waals surface area contributed by atoms with Gasteiger partial charge in [-0.1, -0.05) is 27.7 Å². The minimum atomic E-state index is -1.89. The molecule has 1 aliphatic heterocycles. The number of carbonyl (C=O) groups excluding carboxylic acids is 1. The van der Waals surface area contributed by atoms with Crippen LogP contribution < -0.4 is 0 Å². The normalized spacial score (nSPS) is 23.7. The zero-order valence-electron chi connectivity index (χ0n) is 17.7. The highest BCUT2D eigenvalue weighted by Crippen LogP contribution is 2.39. The molecule has 1 saturated heterocycles. The van der Waals surface area contributed by atoms with E-state index >= 15 is 0 Å². The predicted molar refractivity (Wildman–Crippen MR) is 104 cm³/mol. The third-order valence-corrected chi connectivity index (χ3v) is 9.79. The Kier molecular flexibility index (Phi) is 7.15. The zero-order chi connectivity index (χ0) is 19.6. The number of likely N-dealkylation sites (tertiary alicyclic amines) is 1. The summed E-state index contributed by atoms with van der Waals surface area (Å²) in [5.41, 5.74) is -0.511. The molecule has 1 N–H and O–H groups in total. The number of nitrogens with zero attached hydrogens (tertiary/aromatic N) is 1. The fourth-order valence-corrected chi connectivity index (χ4v) is 4.22. The van der Waals surface area contributed by atoms with Crippen LogP contribution >= 0.6 is 0 Å². The van der Waals surface area contributed by atoms with Gasteiger partial charge in [0, 0.05) is 19.2 Å². The van der Waals surface area contributed by atoms with Gasteiger partial charge in [-0.25, -0.2) is 4.79 Å². The summed E-state index contributed by atoms with van der Waals surface area (Å²) < 4.78 is 12.1. The standard InChI is InChI=1S/C19H39NO4Si/c1-14(13-21)10-15-11-16(24-25(8,9)19(5,6)7)12-20(15)17(22)23-18(2,3)4/h14-16,21H,10-13H2,1-9H3/t14?,15-,16-/m1/s1. The minimum Gasteiger partial charge on any atom is -0.444 e. The molecule has 25 heavy (non-hydrogen) atoms. The van der Waals surface area contributed by atoms with Crippen molar-refractivity contribution in [1.29, 1.82) is 0 Å². The number of hydrogen-bond donors (Lipinski definition) is 1. The van der Waals surface area contributed by atoms with E-state index in [-0.39, 0.29) is 35.8 Å². The topological polar surface area (TPSA) is 59.0 Å².